The molecule has 4 heterocycles. The Labute approximate surface area is 212 Å². The molecule has 1 saturated heterocycles. The molecule has 36 heavy (non-hydrogen) atoms. The van der Waals surface area contributed by atoms with Crippen LogP contribution in [0.2, 0.25) is 0 Å². The van der Waals surface area contributed by atoms with Crippen LogP contribution in [-0.4, -0.2) is 62.8 Å². The Hall–Kier alpha value is -3.49. The van der Waals surface area contributed by atoms with Crippen LogP contribution in [0.4, 0.5) is 17.3 Å². The van der Waals surface area contributed by atoms with E-state index in [0.29, 0.717) is 11.6 Å². The van der Waals surface area contributed by atoms with Crippen molar-refractivity contribution in [3.05, 3.63) is 66.1 Å². The number of hydrogen-bond acceptors (Lipinski definition) is 7. The van der Waals surface area contributed by atoms with Gasteiger partial charge in [0.1, 0.15) is 11.4 Å². The van der Waals surface area contributed by atoms with Crippen LogP contribution in [0.1, 0.15) is 45.0 Å². The van der Waals surface area contributed by atoms with Crippen molar-refractivity contribution in [3.63, 3.8) is 0 Å². The van der Waals surface area contributed by atoms with Gasteiger partial charge in [0.05, 0.1) is 5.69 Å². The highest BCUT2D eigenvalue weighted by atomic mass is 16.3. The van der Waals surface area contributed by atoms with Crippen molar-refractivity contribution in [3.8, 4) is 5.82 Å². The van der Waals surface area contributed by atoms with Crippen LogP contribution in [0.5, 0.6) is 0 Å². The van der Waals surface area contributed by atoms with E-state index in [2.05, 4.69) is 75.9 Å². The lowest BCUT2D eigenvalue weighted by Gasteiger charge is -2.34. The Morgan fingerprint density at radius 3 is 2.36 bits per heavy atom. The van der Waals surface area contributed by atoms with Crippen LogP contribution in [0.15, 0.2) is 54.7 Å². The molecule has 1 aromatic carbocycles. The second-order valence-corrected chi connectivity index (χ2v) is 10.4. The fourth-order valence-electron chi connectivity index (χ4n) is 4.57. The standard InChI is InChI=1S/C28H35N7O/c1-19(2)23-17-20-18-29-27(30-21-9-11-22(12-10-21)34-15-13-33(5)14-16-34)32-26(20)35(23)25-8-6-7-24(31-25)28(3,4)36/h6-12,17-19,36H,13-16H2,1-5H3,(H,29,30,32). The van der Waals surface area contributed by atoms with Crippen molar-refractivity contribution in [2.24, 2.45) is 0 Å². The fraction of sp³-hybridized carbons (Fsp3) is 0.393. The highest BCUT2D eigenvalue weighted by Crippen LogP contribution is 2.29. The van der Waals surface area contributed by atoms with Gasteiger partial charge in [-0.3, -0.25) is 4.57 Å². The molecule has 0 radical (unpaired) electrons. The zero-order valence-corrected chi connectivity index (χ0v) is 21.7. The van der Waals surface area contributed by atoms with E-state index in [9.17, 15) is 5.11 Å². The SMILES string of the molecule is CC(C)c1cc2cnc(Nc3ccc(N4CCN(C)CC4)cc3)nc2n1-c1cccc(C(C)(C)O)n1. The number of piperazine rings is 1. The van der Waals surface area contributed by atoms with Crippen LogP contribution in [0, 0.1) is 0 Å². The predicted octanol–water partition coefficient (Wildman–Crippen LogP) is 4.66. The molecule has 0 amide bonds. The molecule has 0 saturated carbocycles. The molecule has 8 heteroatoms. The fourth-order valence-corrected chi connectivity index (χ4v) is 4.57. The highest BCUT2D eigenvalue weighted by molar-refractivity contribution is 5.80. The minimum absolute atomic E-state index is 0.255. The van der Waals surface area contributed by atoms with Crippen LogP contribution in [0.25, 0.3) is 16.9 Å². The summed E-state index contributed by atoms with van der Waals surface area (Å²) < 4.78 is 2.07. The van der Waals surface area contributed by atoms with E-state index in [1.165, 1.54) is 5.69 Å². The van der Waals surface area contributed by atoms with Gasteiger partial charge in [0.15, 0.2) is 5.65 Å². The molecular weight excluding hydrogens is 450 g/mol. The van der Waals surface area contributed by atoms with Crippen molar-refractivity contribution in [1.82, 2.24) is 24.4 Å². The summed E-state index contributed by atoms with van der Waals surface area (Å²) in [6.07, 6.45) is 1.85. The molecule has 8 nitrogen and oxygen atoms in total. The Bertz CT molecular complexity index is 1350. The molecule has 3 aromatic heterocycles. The first-order chi connectivity index (χ1) is 17.2. The van der Waals surface area contributed by atoms with Gasteiger partial charge in [0.2, 0.25) is 5.95 Å². The largest absolute Gasteiger partial charge is 0.384 e. The van der Waals surface area contributed by atoms with Gasteiger partial charge in [-0.25, -0.2) is 9.97 Å². The predicted molar refractivity (Wildman–Crippen MR) is 145 cm³/mol. The first-order valence-electron chi connectivity index (χ1n) is 12.6. The normalized spacial score (nSPS) is 15.1. The third-order valence-corrected chi connectivity index (χ3v) is 6.74. The summed E-state index contributed by atoms with van der Waals surface area (Å²) in [5.41, 5.74) is 3.63. The minimum atomic E-state index is -1.03. The number of rotatable bonds is 6. The first kappa shape index (κ1) is 24.2. The maximum atomic E-state index is 10.5. The van der Waals surface area contributed by atoms with Crippen LogP contribution in [0.3, 0.4) is 0 Å². The number of aromatic nitrogens is 4. The van der Waals surface area contributed by atoms with Gasteiger partial charge in [-0.05, 0) is 69.3 Å². The number of benzene rings is 1. The average Bonchev–Trinajstić information content (AvgIpc) is 3.24. The Kier molecular flexibility index (Phi) is 6.40. The van der Waals surface area contributed by atoms with Crippen molar-refractivity contribution in [2.45, 2.75) is 39.2 Å². The van der Waals surface area contributed by atoms with E-state index >= 15 is 0 Å². The lowest BCUT2D eigenvalue weighted by atomic mass is 10.1. The Morgan fingerprint density at radius 1 is 0.972 bits per heavy atom. The van der Waals surface area contributed by atoms with Gasteiger partial charge in [0.25, 0.3) is 0 Å². The zero-order chi connectivity index (χ0) is 25.4. The van der Waals surface area contributed by atoms with Gasteiger partial charge in [-0.2, -0.15) is 4.98 Å². The molecule has 2 N–H and O–H groups in total. The summed E-state index contributed by atoms with van der Waals surface area (Å²) in [6, 6.07) is 16.3. The lowest BCUT2D eigenvalue weighted by molar-refractivity contribution is 0.0738. The molecule has 0 bridgehead atoms. The molecule has 0 aliphatic carbocycles. The summed E-state index contributed by atoms with van der Waals surface area (Å²) in [5.74, 6) is 1.52. The third kappa shape index (κ3) is 4.92. The monoisotopic (exact) mass is 485 g/mol. The van der Waals surface area contributed by atoms with Gasteiger partial charge in [-0.15, -0.1) is 0 Å². The molecule has 1 aliphatic rings. The van der Waals surface area contributed by atoms with E-state index in [-0.39, 0.29) is 5.92 Å². The van der Waals surface area contributed by atoms with Gasteiger partial charge >= 0.3 is 0 Å². The molecule has 0 unspecified atom stereocenters. The Balaban J connectivity index is 1.46. The van der Waals surface area contributed by atoms with Gasteiger partial charge in [0, 0.05) is 54.8 Å². The lowest BCUT2D eigenvalue weighted by Crippen LogP contribution is -2.44. The zero-order valence-electron chi connectivity index (χ0n) is 21.7. The summed E-state index contributed by atoms with van der Waals surface area (Å²) in [6.45, 7) is 12.0. The van der Waals surface area contributed by atoms with E-state index < -0.39 is 5.60 Å². The highest BCUT2D eigenvalue weighted by Gasteiger charge is 2.21. The van der Waals surface area contributed by atoms with Gasteiger partial charge < -0.3 is 20.2 Å². The topological polar surface area (TPSA) is 82.3 Å². The van der Waals surface area contributed by atoms with Crippen LogP contribution in [-0.2, 0) is 5.60 Å². The quantitative estimate of drug-likeness (QED) is 0.411. The number of pyridine rings is 1. The van der Waals surface area contributed by atoms with E-state index in [0.717, 1.165) is 54.4 Å². The number of aliphatic hydroxyl groups is 1. The minimum Gasteiger partial charge on any atom is -0.384 e. The second-order valence-electron chi connectivity index (χ2n) is 10.4. The third-order valence-electron chi connectivity index (χ3n) is 6.74. The average molecular weight is 486 g/mol. The maximum absolute atomic E-state index is 10.5. The van der Waals surface area contributed by atoms with Crippen LogP contribution < -0.4 is 10.2 Å². The van der Waals surface area contributed by atoms with Crippen molar-refractivity contribution in [1.29, 1.82) is 0 Å². The first-order valence-corrected chi connectivity index (χ1v) is 12.6. The summed E-state index contributed by atoms with van der Waals surface area (Å²) in [4.78, 5) is 19.0. The van der Waals surface area contributed by atoms with E-state index in [4.69, 9.17) is 9.97 Å². The number of anilines is 3. The number of likely N-dealkylation sites (N-methyl/N-ethyl adjacent to an activating group) is 1. The second kappa shape index (κ2) is 9.52. The molecule has 0 spiro atoms. The molecule has 1 aliphatic heterocycles. The van der Waals surface area contributed by atoms with Crippen LogP contribution >= 0.6 is 0 Å². The maximum Gasteiger partial charge on any atom is 0.229 e. The van der Waals surface area contributed by atoms with Crippen molar-refractivity contribution < 1.29 is 5.11 Å². The summed E-state index contributed by atoms with van der Waals surface area (Å²) >= 11 is 0. The number of nitrogens with one attached hydrogen (secondary N) is 1. The van der Waals surface area contributed by atoms with Crippen molar-refractivity contribution >= 4 is 28.4 Å². The smallest absolute Gasteiger partial charge is 0.229 e. The number of fused-ring (bicyclic) bond motifs is 1. The molecular formula is C28H35N7O. The van der Waals surface area contributed by atoms with E-state index in [1.807, 2.05) is 24.4 Å². The molecule has 0 atom stereocenters. The number of nitrogens with zero attached hydrogens (tertiary/aromatic N) is 6. The summed E-state index contributed by atoms with van der Waals surface area (Å²) in [7, 11) is 2.17. The molecule has 4 aromatic rings. The van der Waals surface area contributed by atoms with Gasteiger partial charge in [-0.1, -0.05) is 19.9 Å². The Morgan fingerprint density at radius 2 is 1.69 bits per heavy atom. The van der Waals surface area contributed by atoms with E-state index in [1.54, 1.807) is 13.8 Å². The number of hydrogen-bond donors (Lipinski definition) is 2. The molecule has 5 rings (SSSR count). The molecule has 1 fully saturated rings. The summed E-state index contributed by atoms with van der Waals surface area (Å²) in [5, 5.41) is 14.8. The van der Waals surface area contributed by atoms with Crippen molar-refractivity contribution in [2.75, 3.05) is 43.4 Å². The molecule has 188 valence electrons.